The predicted octanol–water partition coefficient (Wildman–Crippen LogP) is 2.41. The molecule has 4 nitrogen and oxygen atoms in total. The van der Waals surface area contributed by atoms with E-state index >= 15 is 0 Å². The number of carbonyl (C=O) groups is 1. The molecule has 0 saturated carbocycles. The standard InChI is InChI=1S/C13H16BrNO3/c1-15(8-10-3-2-6-18-10)13(17)11-7-9(14)4-5-12(11)16/h4-5,7,10,16H,2-3,6,8H2,1H3. The van der Waals surface area contributed by atoms with Crippen LogP contribution in [-0.2, 0) is 4.74 Å². The molecule has 0 spiro atoms. The van der Waals surface area contributed by atoms with Crippen LogP contribution >= 0.6 is 15.9 Å². The minimum atomic E-state index is -0.190. The fourth-order valence-electron chi connectivity index (χ4n) is 2.06. The summed E-state index contributed by atoms with van der Waals surface area (Å²) < 4.78 is 6.27. The molecule has 1 heterocycles. The molecule has 1 aromatic rings. The minimum absolute atomic E-state index is 0.00221. The molecule has 1 unspecified atom stereocenters. The number of amides is 1. The maximum absolute atomic E-state index is 12.2. The van der Waals surface area contributed by atoms with Crippen molar-refractivity contribution in [2.24, 2.45) is 0 Å². The number of ether oxygens (including phenoxy) is 1. The van der Waals surface area contributed by atoms with Crippen molar-refractivity contribution < 1.29 is 14.6 Å². The first-order valence-corrected chi connectivity index (χ1v) is 6.73. The third-order valence-corrected chi connectivity index (χ3v) is 3.53. The van der Waals surface area contributed by atoms with Gasteiger partial charge in [0, 0.05) is 24.7 Å². The lowest BCUT2D eigenvalue weighted by molar-refractivity contribution is 0.0585. The van der Waals surface area contributed by atoms with Crippen LogP contribution in [0, 0.1) is 0 Å². The van der Waals surface area contributed by atoms with E-state index in [1.807, 2.05) is 0 Å². The van der Waals surface area contributed by atoms with Crippen molar-refractivity contribution in [1.29, 1.82) is 0 Å². The highest BCUT2D eigenvalue weighted by Crippen LogP contribution is 2.23. The highest BCUT2D eigenvalue weighted by atomic mass is 79.9. The first-order valence-electron chi connectivity index (χ1n) is 5.93. The Hall–Kier alpha value is -1.07. The van der Waals surface area contributed by atoms with Gasteiger partial charge in [0.1, 0.15) is 5.75 Å². The Labute approximate surface area is 115 Å². The number of phenolic OH excluding ortho intramolecular Hbond substituents is 1. The molecule has 0 radical (unpaired) electrons. The minimum Gasteiger partial charge on any atom is -0.507 e. The SMILES string of the molecule is CN(CC1CCCO1)C(=O)c1cc(Br)ccc1O. The van der Waals surface area contributed by atoms with Gasteiger partial charge in [-0.1, -0.05) is 15.9 Å². The van der Waals surface area contributed by atoms with Gasteiger partial charge in [0.25, 0.3) is 5.91 Å². The fraction of sp³-hybridized carbons (Fsp3) is 0.462. The second-order valence-corrected chi connectivity index (χ2v) is 5.40. The Kier molecular flexibility index (Phi) is 4.24. The van der Waals surface area contributed by atoms with Crippen LogP contribution in [0.2, 0.25) is 0 Å². The number of benzene rings is 1. The molecule has 1 N–H and O–H groups in total. The smallest absolute Gasteiger partial charge is 0.257 e. The lowest BCUT2D eigenvalue weighted by atomic mass is 10.1. The molecule has 1 aliphatic heterocycles. The van der Waals surface area contributed by atoms with Gasteiger partial charge in [-0.25, -0.2) is 0 Å². The highest BCUT2D eigenvalue weighted by molar-refractivity contribution is 9.10. The summed E-state index contributed by atoms with van der Waals surface area (Å²) >= 11 is 3.30. The number of halogens is 1. The van der Waals surface area contributed by atoms with Crippen molar-refractivity contribution in [3.8, 4) is 5.75 Å². The molecule has 18 heavy (non-hydrogen) atoms. The van der Waals surface area contributed by atoms with Gasteiger partial charge in [0.2, 0.25) is 0 Å². The third-order valence-electron chi connectivity index (χ3n) is 3.04. The van der Waals surface area contributed by atoms with Crippen LogP contribution in [0.1, 0.15) is 23.2 Å². The second-order valence-electron chi connectivity index (χ2n) is 4.48. The zero-order valence-electron chi connectivity index (χ0n) is 10.2. The van der Waals surface area contributed by atoms with E-state index in [9.17, 15) is 9.90 Å². The topological polar surface area (TPSA) is 49.8 Å². The van der Waals surface area contributed by atoms with Crippen LogP contribution in [0.4, 0.5) is 0 Å². The van der Waals surface area contributed by atoms with Crippen molar-refractivity contribution in [3.63, 3.8) is 0 Å². The summed E-state index contributed by atoms with van der Waals surface area (Å²) in [5, 5.41) is 9.72. The first-order chi connectivity index (χ1) is 8.58. The highest BCUT2D eigenvalue weighted by Gasteiger charge is 2.22. The van der Waals surface area contributed by atoms with Crippen molar-refractivity contribution >= 4 is 21.8 Å². The molecule has 0 aromatic heterocycles. The summed E-state index contributed by atoms with van der Waals surface area (Å²) in [6, 6.07) is 4.84. The van der Waals surface area contributed by atoms with Crippen molar-refractivity contribution in [2.75, 3.05) is 20.2 Å². The quantitative estimate of drug-likeness (QED) is 0.932. The number of rotatable bonds is 3. The molecule has 1 aromatic carbocycles. The van der Waals surface area contributed by atoms with E-state index < -0.39 is 0 Å². The Morgan fingerprint density at radius 1 is 1.61 bits per heavy atom. The van der Waals surface area contributed by atoms with E-state index in [4.69, 9.17) is 4.74 Å². The van der Waals surface area contributed by atoms with Gasteiger partial charge in [0.05, 0.1) is 11.7 Å². The molecule has 1 aliphatic rings. The average Bonchev–Trinajstić information content (AvgIpc) is 2.84. The van der Waals surface area contributed by atoms with E-state index in [0.717, 1.165) is 23.9 Å². The Morgan fingerprint density at radius 2 is 2.39 bits per heavy atom. The van der Waals surface area contributed by atoms with Gasteiger partial charge in [-0.2, -0.15) is 0 Å². The molecule has 5 heteroatoms. The number of likely N-dealkylation sites (N-methyl/N-ethyl adjacent to an activating group) is 1. The van der Waals surface area contributed by atoms with Crippen LogP contribution in [0.25, 0.3) is 0 Å². The van der Waals surface area contributed by atoms with Gasteiger partial charge in [-0.15, -0.1) is 0 Å². The zero-order chi connectivity index (χ0) is 13.1. The van der Waals surface area contributed by atoms with Crippen molar-refractivity contribution in [3.05, 3.63) is 28.2 Å². The van der Waals surface area contributed by atoms with Crippen molar-refractivity contribution in [2.45, 2.75) is 18.9 Å². The van der Waals surface area contributed by atoms with E-state index in [-0.39, 0.29) is 17.8 Å². The monoisotopic (exact) mass is 313 g/mol. The summed E-state index contributed by atoms with van der Waals surface area (Å²) in [6.45, 7) is 1.33. The van der Waals surface area contributed by atoms with Crippen molar-refractivity contribution in [1.82, 2.24) is 4.90 Å². The largest absolute Gasteiger partial charge is 0.507 e. The van der Waals surface area contributed by atoms with Gasteiger partial charge in [-0.3, -0.25) is 4.79 Å². The maximum atomic E-state index is 12.2. The molecule has 98 valence electrons. The lowest BCUT2D eigenvalue weighted by Crippen LogP contribution is -2.34. The van der Waals surface area contributed by atoms with Crippen LogP contribution < -0.4 is 0 Å². The summed E-state index contributed by atoms with van der Waals surface area (Å²) in [5.41, 5.74) is 0.310. The summed E-state index contributed by atoms with van der Waals surface area (Å²) in [4.78, 5) is 13.8. The van der Waals surface area contributed by atoms with Crippen LogP contribution in [0.3, 0.4) is 0 Å². The molecule has 2 rings (SSSR count). The average molecular weight is 314 g/mol. The molecular formula is C13H16BrNO3. The van der Waals surface area contributed by atoms with E-state index in [1.165, 1.54) is 6.07 Å². The molecule has 1 amide bonds. The summed E-state index contributed by atoms with van der Waals surface area (Å²) in [7, 11) is 1.73. The lowest BCUT2D eigenvalue weighted by Gasteiger charge is -2.21. The van der Waals surface area contributed by atoms with Gasteiger partial charge < -0.3 is 14.7 Å². The fourth-order valence-corrected chi connectivity index (χ4v) is 2.42. The molecule has 1 saturated heterocycles. The summed E-state index contributed by atoms with van der Waals surface area (Å²) in [5.74, 6) is -0.188. The van der Waals surface area contributed by atoms with Crippen LogP contribution in [0.5, 0.6) is 5.75 Å². The van der Waals surface area contributed by atoms with Gasteiger partial charge in [0.15, 0.2) is 0 Å². The number of nitrogens with zero attached hydrogens (tertiary/aromatic N) is 1. The second kappa shape index (κ2) is 5.71. The number of carbonyl (C=O) groups excluding carboxylic acids is 1. The van der Waals surface area contributed by atoms with Gasteiger partial charge in [-0.05, 0) is 31.0 Å². The first kappa shape index (κ1) is 13.4. The normalized spacial score (nSPS) is 18.9. The van der Waals surface area contributed by atoms with E-state index in [0.29, 0.717) is 12.1 Å². The third kappa shape index (κ3) is 3.03. The molecule has 1 fully saturated rings. The molecule has 0 bridgehead atoms. The number of hydrogen-bond donors (Lipinski definition) is 1. The maximum Gasteiger partial charge on any atom is 0.257 e. The number of phenols is 1. The number of hydrogen-bond acceptors (Lipinski definition) is 3. The predicted molar refractivity (Wildman–Crippen MR) is 71.7 cm³/mol. The summed E-state index contributed by atoms with van der Waals surface area (Å²) in [6.07, 6.45) is 2.16. The van der Waals surface area contributed by atoms with E-state index in [2.05, 4.69) is 15.9 Å². The van der Waals surface area contributed by atoms with Crippen LogP contribution in [0.15, 0.2) is 22.7 Å². The Balaban J connectivity index is 2.07. The zero-order valence-corrected chi connectivity index (χ0v) is 11.8. The molecular weight excluding hydrogens is 298 g/mol. The van der Waals surface area contributed by atoms with E-state index in [1.54, 1.807) is 24.1 Å². The molecule has 0 aliphatic carbocycles. The Morgan fingerprint density at radius 3 is 3.06 bits per heavy atom. The number of aromatic hydroxyl groups is 1. The van der Waals surface area contributed by atoms with Gasteiger partial charge >= 0.3 is 0 Å². The molecule has 1 atom stereocenters. The van der Waals surface area contributed by atoms with Crippen LogP contribution in [-0.4, -0.2) is 42.2 Å². The Bertz CT molecular complexity index is 444.